The number of fused-ring (bicyclic) bond motifs is 2. The van der Waals surface area contributed by atoms with Crippen LogP contribution in [0.3, 0.4) is 0 Å². The van der Waals surface area contributed by atoms with Gasteiger partial charge in [-0.3, -0.25) is 4.72 Å². The van der Waals surface area contributed by atoms with Gasteiger partial charge in [0.15, 0.2) is 0 Å². The van der Waals surface area contributed by atoms with Crippen LogP contribution in [0.5, 0.6) is 0 Å². The van der Waals surface area contributed by atoms with E-state index in [1.165, 1.54) is 52.6 Å². The Balaban J connectivity index is 0.000000516. The van der Waals surface area contributed by atoms with Crippen molar-refractivity contribution in [3.63, 3.8) is 0 Å². The van der Waals surface area contributed by atoms with Gasteiger partial charge in [0.25, 0.3) is 0 Å². The van der Waals surface area contributed by atoms with Gasteiger partial charge in [-0.25, -0.2) is 4.79 Å². The summed E-state index contributed by atoms with van der Waals surface area (Å²) >= 11 is 1.36. The minimum absolute atomic E-state index is 0.130. The highest BCUT2D eigenvalue weighted by molar-refractivity contribution is 7.98. The molecule has 0 unspecified atom stereocenters. The molecule has 4 nitrogen and oxygen atoms in total. The number of nitrogens with two attached hydrogens (primary N) is 1. The lowest BCUT2D eigenvalue weighted by molar-refractivity contribution is 0.257. The molecular formula is C23H31N3OS. The Kier molecular flexibility index (Phi) is 7.03. The fourth-order valence-electron chi connectivity index (χ4n) is 3.82. The molecule has 0 atom stereocenters. The predicted octanol–water partition coefficient (Wildman–Crippen LogP) is 5.15. The summed E-state index contributed by atoms with van der Waals surface area (Å²) < 4.78 is 2.92. The van der Waals surface area contributed by atoms with E-state index in [1.54, 1.807) is 0 Å². The molecule has 0 aliphatic heterocycles. The summed E-state index contributed by atoms with van der Waals surface area (Å²) in [5.41, 5.74) is 13.0. The van der Waals surface area contributed by atoms with Gasteiger partial charge in [0.05, 0.1) is 0 Å². The summed E-state index contributed by atoms with van der Waals surface area (Å²) in [6.45, 7) is 5.95. The van der Waals surface area contributed by atoms with E-state index < -0.39 is 0 Å². The second-order valence-electron chi connectivity index (χ2n) is 7.95. The third-order valence-corrected chi connectivity index (χ3v) is 5.79. The first-order valence-electron chi connectivity index (χ1n) is 10.2. The van der Waals surface area contributed by atoms with Gasteiger partial charge < -0.3 is 11.1 Å². The number of rotatable bonds is 3. The molecule has 0 saturated heterocycles. The summed E-state index contributed by atoms with van der Waals surface area (Å²) in [6, 6.07) is 10.7. The van der Waals surface area contributed by atoms with Gasteiger partial charge in [0, 0.05) is 10.6 Å². The van der Waals surface area contributed by atoms with E-state index in [-0.39, 0.29) is 6.03 Å². The highest BCUT2D eigenvalue weighted by Crippen LogP contribution is 2.38. The Labute approximate surface area is 172 Å². The first-order valence-corrected chi connectivity index (χ1v) is 11.0. The average Bonchev–Trinajstić information content (AvgIpc) is 3.29. The van der Waals surface area contributed by atoms with Crippen molar-refractivity contribution in [3.05, 3.63) is 58.1 Å². The van der Waals surface area contributed by atoms with Gasteiger partial charge in [-0.05, 0) is 97.8 Å². The first kappa shape index (κ1) is 20.7. The third-order valence-electron chi connectivity index (χ3n) is 4.99. The fourth-order valence-corrected chi connectivity index (χ4v) is 4.35. The summed E-state index contributed by atoms with van der Waals surface area (Å²) in [4.78, 5) is 13.5. The zero-order valence-electron chi connectivity index (χ0n) is 17.1. The van der Waals surface area contributed by atoms with Gasteiger partial charge in [-0.1, -0.05) is 37.6 Å². The maximum Gasteiger partial charge on any atom is 0.329 e. The van der Waals surface area contributed by atoms with E-state index in [4.69, 9.17) is 5.73 Å². The van der Waals surface area contributed by atoms with Gasteiger partial charge in [-0.2, -0.15) is 0 Å². The molecule has 0 spiro atoms. The Morgan fingerprint density at radius 1 is 1.00 bits per heavy atom. The van der Waals surface area contributed by atoms with E-state index in [0.717, 1.165) is 36.3 Å². The number of amides is 2. The second-order valence-corrected chi connectivity index (χ2v) is 8.83. The molecule has 2 amide bonds. The van der Waals surface area contributed by atoms with Crippen LogP contribution >= 0.6 is 11.9 Å². The van der Waals surface area contributed by atoms with Crippen LogP contribution in [0, 0.1) is 6.92 Å². The molecular weight excluding hydrogens is 366 g/mol. The smallest absolute Gasteiger partial charge is 0.328 e. The van der Waals surface area contributed by atoms with Crippen LogP contribution in [-0.2, 0) is 25.7 Å². The molecule has 0 bridgehead atoms. The lowest BCUT2D eigenvalue weighted by Crippen LogP contribution is -2.24. The van der Waals surface area contributed by atoms with Gasteiger partial charge in [-0.15, -0.1) is 0 Å². The highest BCUT2D eigenvalue weighted by Gasteiger charge is 2.24. The largest absolute Gasteiger partial charge is 0.329 e. The van der Waals surface area contributed by atoms with E-state index in [0.29, 0.717) is 6.04 Å². The molecule has 0 fully saturated rings. The molecule has 28 heavy (non-hydrogen) atoms. The number of nitrogens with one attached hydrogen (secondary N) is 2. The van der Waals surface area contributed by atoms with Crippen molar-refractivity contribution in [2.75, 3.05) is 5.32 Å². The number of carbonyl (C=O) groups is 1. The Morgan fingerprint density at radius 2 is 1.54 bits per heavy atom. The molecule has 2 aliphatic rings. The van der Waals surface area contributed by atoms with Crippen LogP contribution in [0.1, 0.15) is 54.5 Å². The van der Waals surface area contributed by atoms with E-state index in [9.17, 15) is 4.79 Å². The van der Waals surface area contributed by atoms with Crippen LogP contribution in [0.2, 0.25) is 0 Å². The van der Waals surface area contributed by atoms with Gasteiger partial charge in [0.1, 0.15) is 0 Å². The van der Waals surface area contributed by atoms with Gasteiger partial charge in [0.2, 0.25) is 0 Å². The Bertz CT molecular complexity index is 796. The minimum atomic E-state index is -0.130. The molecule has 4 N–H and O–H groups in total. The first-order chi connectivity index (χ1) is 13.4. The van der Waals surface area contributed by atoms with E-state index in [2.05, 4.69) is 35.2 Å². The number of aryl methyl sites for hydroxylation is 3. The number of urea groups is 1. The molecule has 0 radical (unpaired) electrons. The molecule has 2 aromatic rings. The minimum Gasteiger partial charge on any atom is -0.328 e. The quantitative estimate of drug-likeness (QED) is 0.627. The maximum absolute atomic E-state index is 12.4. The molecule has 5 heteroatoms. The third kappa shape index (κ3) is 5.30. The van der Waals surface area contributed by atoms with Crippen LogP contribution in [0.25, 0.3) is 0 Å². The predicted molar refractivity (Wildman–Crippen MR) is 119 cm³/mol. The van der Waals surface area contributed by atoms with Crippen molar-refractivity contribution < 1.29 is 4.79 Å². The molecule has 0 aromatic heterocycles. The highest BCUT2D eigenvalue weighted by atomic mass is 32.2. The number of hydrogen-bond donors (Lipinski definition) is 3. The Morgan fingerprint density at radius 3 is 2.07 bits per heavy atom. The maximum atomic E-state index is 12.4. The SMILES string of the molecule is CC(C)N.Cc1ccc(SNC(=O)Nc2c3c(cc4c2CCC4)CCC3)cc1. The topological polar surface area (TPSA) is 67.1 Å². The standard InChI is InChI=1S/C20H22N2OS.C3H9N/c1-13-8-10-16(11-9-13)24-22-20(23)21-19-17-6-2-4-14(17)12-15-5-3-7-18(15)19;1-3(2)4/h8-12H,2-7H2,1H3,(H2,21,22,23);3H,4H2,1-2H3. The average molecular weight is 398 g/mol. The zero-order valence-corrected chi connectivity index (χ0v) is 17.9. The molecule has 2 aromatic carbocycles. The van der Waals surface area contributed by atoms with Crippen molar-refractivity contribution in [3.8, 4) is 0 Å². The van der Waals surface area contributed by atoms with Crippen molar-refractivity contribution >= 4 is 23.7 Å². The van der Waals surface area contributed by atoms with Crippen molar-refractivity contribution in [2.45, 2.75) is 70.2 Å². The molecule has 150 valence electrons. The lowest BCUT2D eigenvalue weighted by atomic mass is 9.99. The fraction of sp³-hybridized carbons (Fsp3) is 0.435. The van der Waals surface area contributed by atoms with E-state index >= 15 is 0 Å². The van der Waals surface area contributed by atoms with Crippen LogP contribution in [0.15, 0.2) is 35.2 Å². The molecule has 0 saturated carbocycles. The van der Waals surface area contributed by atoms with Crippen molar-refractivity contribution in [1.82, 2.24) is 4.72 Å². The monoisotopic (exact) mass is 397 g/mol. The van der Waals surface area contributed by atoms with Gasteiger partial charge >= 0.3 is 6.03 Å². The van der Waals surface area contributed by atoms with E-state index in [1.807, 2.05) is 26.0 Å². The normalized spacial score (nSPS) is 14.2. The number of benzene rings is 2. The van der Waals surface area contributed by atoms with Crippen LogP contribution in [0.4, 0.5) is 10.5 Å². The summed E-state index contributed by atoms with van der Waals surface area (Å²) in [5.74, 6) is 0. The number of carbonyl (C=O) groups excluding carboxylic acids is 1. The number of anilines is 1. The Hall–Kier alpha value is -1.98. The second kappa shape index (κ2) is 9.48. The summed E-state index contributed by atoms with van der Waals surface area (Å²) in [7, 11) is 0. The number of hydrogen-bond acceptors (Lipinski definition) is 3. The van der Waals surface area contributed by atoms with Crippen molar-refractivity contribution in [2.24, 2.45) is 5.73 Å². The molecule has 4 rings (SSSR count). The van der Waals surface area contributed by atoms with Crippen molar-refractivity contribution in [1.29, 1.82) is 0 Å². The zero-order chi connectivity index (χ0) is 20.1. The van der Waals surface area contributed by atoms with Crippen LogP contribution < -0.4 is 15.8 Å². The molecule has 2 aliphatic carbocycles. The lowest BCUT2D eigenvalue weighted by Gasteiger charge is -2.16. The summed E-state index contributed by atoms with van der Waals surface area (Å²) in [5, 5.41) is 3.15. The summed E-state index contributed by atoms with van der Waals surface area (Å²) in [6.07, 6.45) is 6.88. The van der Waals surface area contributed by atoms with Crippen LogP contribution in [-0.4, -0.2) is 12.1 Å². The molecule has 0 heterocycles.